The lowest BCUT2D eigenvalue weighted by atomic mass is 9.72. The Balaban J connectivity index is 2.24. The lowest BCUT2D eigenvalue weighted by Gasteiger charge is -2.33. The Morgan fingerprint density at radius 1 is 1.07 bits per heavy atom. The van der Waals surface area contributed by atoms with Crippen LogP contribution in [-0.2, 0) is 0 Å². The molecule has 2 unspecified atom stereocenters. The Labute approximate surface area is 95.5 Å². The largest absolute Gasteiger partial charge is 0.0809 e. The van der Waals surface area contributed by atoms with E-state index in [1.165, 1.54) is 38.5 Å². The smallest absolute Gasteiger partial charge is 0.00832 e. The molecule has 0 spiro atoms. The third kappa shape index (κ3) is 3.85. The van der Waals surface area contributed by atoms with Crippen molar-refractivity contribution in [1.29, 1.82) is 0 Å². The van der Waals surface area contributed by atoms with Gasteiger partial charge in [0.1, 0.15) is 0 Å². The number of hydrogen-bond donors (Lipinski definition) is 0. The Morgan fingerprint density at radius 3 is 2.47 bits per heavy atom. The van der Waals surface area contributed by atoms with E-state index in [1.807, 2.05) is 0 Å². The molecule has 0 aliphatic heterocycles. The summed E-state index contributed by atoms with van der Waals surface area (Å²) in [5, 5.41) is 0. The maximum Gasteiger partial charge on any atom is -0.00832 e. The van der Waals surface area contributed by atoms with Gasteiger partial charge in [-0.05, 0) is 17.8 Å². The van der Waals surface area contributed by atoms with Gasteiger partial charge in [0, 0.05) is 0 Å². The lowest BCUT2D eigenvalue weighted by molar-refractivity contribution is 0.287. The molecule has 15 heavy (non-hydrogen) atoms. The molecule has 0 amide bonds. The average molecular weight is 206 g/mol. The van der Waals surface area contributed by atoms with Gasteiger partial charge in [0.05, 0.1) is 0 Å². The first kappa shape index (κ1) is 12.5. The summed E-state index contributed by atoms with van der Waals surface area (Å²) in [4.78, 5) is 0. The Hall–Kier alpha value is -0.520. The summed E-state index contributed by atoms with van der Waals surface area (Å²) >= 11 is 0. The second-order valence-corrected chi connectivity index (χ2v) is 5.20. The standard InChI is InChI=1S/C15H26/c1-4-5-6-7-9-12-15(3)13-10-8-11-14(15)2/h8,10-11,13-14H,4-7,9,12H2,1-3H3. The normalized spacial score (nSPS) is 29.7. The van der Waals surface area contributed by atoms with Gasteiger partial charge < -0.3 is 0 Å². The summed E-state index contributed by atoms with van der Waals surface area (Å²) < 4.78 is 0. The van der Waals surface area contributed by atoms with Crippen molar-refractivity contribution in [2.75, 3.05) is 0 Å². The Kier molecular flexibility index (Phi) is 5.14. The first-order valence-electron chi connectivity index (χ1n) is 6.55. The van der Waals surface area contributed by atoms with Crippen LogP contribution in [0.15, 0.2) is 24.3 Å². The van der Waals surface area contributed by atoms with E-state index < -0.39 is 0 Å². The fraction of sp³-hybridized carbons (Fsp3) is 0.733. The molecule has 0 N–H and O–H groups in total. The van der Waals surface area contributed by atoms with Crippen LogP contribution in [0, 0.1) is 11.3 Å². The van der Waals surface area contributed by atoms with Gasteiger partial charge in [-0.2, -0.15) is 0 Å². The highest BCUT2D eigenvalue weighted by atomic mass is 14.3. The van der Waals surface area contributed by atoms with E-state index in [0.29, 0.717) is 11.3 Å². The highest BCUT2D eigenvalue weighted by molar-refractivity contribution is 5.18. The van der Waals surface area contributed by atoms with Crippen LogP contribution in [0.2, 0.25) is 0 Å². The molecular formula is C15H26. The van der Waals surface area contributed by atoms with Gasteiger partial charge >= 0.3 is 0 Å². The van der Waals surface area contributed by atoms with E-state index in [-0.39, 0.29) is 0 Å². The van der Waals surface area contributed by atoms with Crippen molar-refractivity contribution in [1.82, 2.24) is 0 Å². The summed E-state index contributed by atoms with van der Waals surface area (Å²) in [5.41, 5.74) is 0.418. The lowest BCUT2D eigenvalue weighted by Crippen LogP contribution is -2.23. The second kappa shape index (κ2) is 6.15. The quantitative estimate of drug-likeness (QED) is 0.529. The van der Waals surface area contributed by atoms with E-state index in [1.54, 1.807) is 0 Å². The summed E-state index contributed by atoms with van der Waals surface area (Å²) in [7, 11) is 0. The summed E-state index contributed by atoms with van der Waals surface area (Å²) in [5.74, 6) is 0.702. The van der Waals surface area contributed by atoms with Crippen molar-refractivity contribution < 1.29 is 0 Å². The van der Waals surface area contributed by atoms with Crippen LogP contribution in [0.1, 0.15) is 59.3 Å². The van der Waals surface area contributed by atoms with E-state index in [4.69, 9.17) is 0 Å². The van der Waals surface area contributed by atoms with Crippen LogP contribution in [0.5, 0.6) is 0 Å². The molecular weight excluding hydrogens is 180 g/mol. The maximum atomic E-state index is 2.40. The van der Waals surface area contributed by atoms with E-state index in [2.05, 4.69) is 45.1 Å². The zero-order chi connectivity index (χ0) is 11.1. The minimum Gasteiger partial charge on any atom is -0.0809 e. The predicted octanol–water partition coefficient (Wildman–Crippen LogP) is 5.12. The molecule has 2 atom stereocenters. The molecule has 0 aromatic rings. The molecule has 86 valence electrons. The summed E-state index contributed by atoms with van der Waals surface area (Å²) in [6.07, 6.45) is 17.4. The summed E-state index contributed by atoms with van der Waals surface area (Å²) in [6.45, 7) is 7.02. The van der Waals surface area contributed by atoms with Gasteiger partial charge in [-0.3, -0.25) is 0 Å². The molecule has 0 aromatic heterocycles. The van der Waals surface area contributed by atoms with Crippen molar-refractivity contribution in [3.8, 4) is 0 Å². The zero-order valence-corrected chi connectivity index (χ0v) is 10.6. The van der Waals surface area contributed by atoms with Crippen LogP contribution < -0.4 is 0 Å². The molecule has 0 aromatic carbocycles. The van der Waals surface area contributed by atoms with Crippen LogP contribution in [0.4, 0.5) is 0 Å². The minimum atomic E-state index is 0.418. The monoisotopic (exact) mass is 206 g/mol. The maximum absolute atomic E-state index is 2.40. The molecule has 0 heteroatoms. The van der Waals surface area contributed by atoms with Crippen molar-refractivity contribution >= 4 is 0 Å². The van der Waals surface area contributed by atoms with Crippen molar-refractivity contribution in [2.45, 2.75) is 59.3 Å². The number of allylic oxidation sites excluding steroid dienone is 4. The number of hydrogen-bond acceptors (Lipinski definition) is 0. The van der Waals surface area contributed by atoms with E-state index >= 15 is 0 Å². The highest BCUT2D eigenvalue weighted by Crippen LogP contribution is 2.37. The number of rotatable bonds is 6. The van der Waals surface area contributed by atoms with Gasteiger partial charge in [-0.25, -0.2) is 0 Å². The second-order valence-electron chi connectivity index (χ2n) is 5.20. The molecule has 0 saturated carbocycles. The van der Waals surface area contributed by atoms with Crippen molar-refractivity contribution in [2.24, 2.45) is 11.3 Å². The van der Waals surface area contributed by atoms with Gasteiger partial charge in [0.25, 0.3) is 0 Å². The molecule has 0 nitrogen and oxygen atoms in total. The Morgan fingerprint density at radius 2 is 1.80 bits per heavy atom. The molecule has 0 bridgehead atoms. The SMILES string of the molecule is CCCCCCCC1(C)C=CC=CC1C. The van der Waals surface area contributed by atoms with Gasteiger partial charge in [0.15, 0.2) is 0 Å². The third-order valence-electron chi connectivity index (χ3n) is 3.85. The van der Waals surface area contributed by atoms with Gasteiger partial charge in [0.2, 0.25) is 0 Å². The fourth-order valence-electron chi connectivity index (χ4n) is 2.30. The third-order valence-corrected chi connectivity index (χ3v) is 3.85. The van der Waals surface area contributed by atoms with Crippen LogP contribution in [0.3, 0.4) is 0 Å². The van der Waals surface area contributed by atoms with Gasteiger partial charge in [-0.15, -0.1) is 0 Å². The predicted molar refractivity (Wildman–Crippen MR) is 68.9 cm³/mol. The molecule has 0 saturated heterocycles. The molecule has 0 radical (unpaired) electrons. The first-order chi connectivity index (χ1) is 7.19. The topological polar surface area (TPSA) is 0 Å². The van der Waals surface area contributed by atoms with Crippen molar-refractivity contribution in [3.63, 3.8) is 0 Å². The zero-order valence-electron chi connectivity index (χ0n) is 10.6. The molecule has 0 fully saturated rings. The Bertz CT molecular complexity index is 224. The first-order valence-corrected chi connectivity index (χ1v) is 6.55. The minimum absolute atomic E-state index is 0.418. The van der Waals surface area contributed by atoms with Crippen LogP contribution in [0.25, 0.3) is 0 Å². The molecule has 1 aliphatic rings. The molecule has 1 rings (SSSR count). The fourth-order valence-corrected chi connectivity index (χ4v) is 2.30. The van der Waals surface area contributed by atoms with Gasteiger partial charge in [-0.1, -0.05) is 77.2 Å². The van der Waals surface area contributed by atoms with Crippen LogP contribution >= 0.6 is 0 Å². The number of unbranched alkanes of at least 4 members (excludes halogenated alkanes) is 4. The van der Waals surface area contributed by atoms with E-state index in [0.717, 1.165) is 0 Å². The van der Waals surface area contributed by atoms with E-state index in [9.17, 15) is 0 Å². The summed E-state index contributed by atoms with van der Waals surface area (Å²) in [6, 6.07) is 0. The molecule has 1 aliphatic carbocycles. The molecule has 0 heterocycles. The van der Waals surface area contributed by atoms with Crippen molar-refractivity contribution in [3.05, 3.63) is 24.3 Å². The average Bonchev–Trinajstić information content (AvgIpc) is 2.23. The highest BCUT2D eigenvalue weighted by Gasteiger charge is 2.27. The van der Waals surface area contributed by atoms with Crippen LogP contribution in [-0.4, -0.2) is 0 Å².